The van der Waals surface area contributed by atoms with Crippen molar-refractivity contribution in [2.75, 3.05) is 13.2 Å². The number of rotatable bonds is 4. The summed E-state index contributed by atoms with van der Waals surface area (Å²) in [5, 5.41) is 8.36. The number of esters is 1. The molecule has 0 fully saturated rings. The quantitative estimate of drug-likeness (QED) is 0.628. The van der Waals surface area contributed by atoms with Crippen LogP contribution in [0.5, 0.6) is 0 Å². The minimum absolute atomic E-state index is 0.0690. The zero-order valence-corrected chi connectivity index (χ0v) is 6.62. The Balaban J connectivity index is 2.27. The number of aromatic amines is 1. The van der Waals surface area contributed by atoms with Crippen LogP contribution in [0.15, 0.2) is 18.3 Å². The van der Waals surface area contributed by atoms with Gasteiger partial charge < -0.3 is 14.8 Å². The van der Waals surface area contributed by atoms with Gasteiger partial charge in [0.05, 0.1) is 13.0 Å². The minimum Gasteiger partial charge on any atom is -0.463 e. The first-order chi connectivity index (χ1) is 5.83. The van der Waals surface area contributed by atoms with Gasteiger partial charge in [0.2, 0.25) is 0 Å². The summed E-state index contributed by atoms with van der Waals surface area (Å²) in [6, 6.07) is 3.62. The van der Waals surface area contributed by atoms with E-state index in [1.54, 1.807) is 12.3 Å². The van der Waals surface area contributed by atoms with E-state index in [4.69, 9.17) is 5.11 Å². The van der Waals surface area contributed by atoms with Gasteiger partial charge in [0, 0.05) is 11.9 Å². The molecule has 0 aliphatic carbocycles. The second kappa shape index (κ2) is 4.56. The molecule has 66 valence electrons. The Morgan fingerprint density at radius 1 is 1.67 bits per heavy atom. The van der Waals surface area contributed by atoms with Crippen molar-refractivity contribution < 1.29 is 14.6 Å². The highest BCUT2D eigenvalue weighted by atomic mass is 16.5. The molecule has 4 nitrogen and oxygen atoms in total. The van der Waals surface area contributed by atoms with Gasteiger partial charge in [0.1, 0.15) is 6.61 Å². The molecule has 4 heteroatoms. The van der Waals surface area contributed by atoms with Crippen LogP contribution in [0.25, 0.3) is 0 Å². The average Bonchev–Trinajstić information content (AvgIpc) is 2.53. The number of ether oxygens (including phenoxy) is 1. The van der Waals surface area contributed by atoms with Crippen LogP contribution in [-0.4, -0.2) is 29.3 Å². The summed E-state index contributed by atoms with van der Waals surface area (Å²) in [6.07, 6.45) is 1.97. The van der Waals surface area contributed by atoms with Gasteiger partial charge in [0.15, 0.2) is 0 Å². The fraction of sp³-hybridized carbons (Fsp3) is 0.375. The summed E-state index contributed by atoms with van der Waals surface area (Å²) in [5.74, 6) is -0.327. The van der Waals surface area contributed by atoms with Crippen LogP contribution in [0.2, 0.25) is 0 Å². The Kier molecular flexibility index (Phi) is 3.35. The predicted octanol–water partition coefficient (Wildman–Crippen LogP) is 0.0927. The standard InChI is InChI=1S/C8H11NO3/c10-4-5-12-8(11)6-7-2-1-3-9-7/h1-3,9-10H,4-6H2. The van der Waals surface area contributed by atoms with Gasteiger partial charge in [-0.05, 0) is 12.1 Å². The van der Waals surface area contributed by atoms with E-state index in [0.717, 1.165) is 5.69 Å². The zero-order chi connectivity index (χ0) is 8.81. The molecule has 0 amide bonds. The van der Waals surface area contributed by atoms with Crippen LogP contribution in [0.3, 0.4) is 0 Å². The molecular formula is C8H11NO3. The van der Waals surface area contributed by atoms with Crippen molar-refractivity contribution in [3.8, 4) is 0 Å². The molecule has 1 heterocycles. The number of hydrogen-bond donors (Lipinski definition) is 2. The van der Waals surface area contributed by atoms with E-state index in [9.17, 15) is 4.79 Å². The molecule has 0 atom stereocenters. The summed E-state index contributed by atoms with van der Waals surface area (Å²) < 4.78 is 4.66. The van der Waals surface area contributed by atoms with Crippen molar-refractivity contribution in [3.63, 3.8) is 0 Å². The maximum Gasteiger partial charge on any atom is 0.311 e. The van der Waals surface area contributed by atoms with Gasteiger partial charge in [-0.15, -0.1) is 0 Å². The number of hydrogen-bond acceptors (Lipinski definition) is 3. The van der Waals surface area contributed by atoms with Gasteiger partial charge >= 0.3 is 5.97 Å². The summed E-state index contributed by atoms with van der Waals surface area (Å²) in [6.45, 7) is -0.0595. The third-order valence-electron chi connectivity index (χ3n) is 1.35. The highest BCUT2D eigenvalue weighted by molar-refractivity contribution is 5.71. The van der Waals surface area contributed by atoms with Gasteiger partial charge in [-0.3, -0.25) is 4.79 Å². The highest BCUT2D eigenvalue weighted by Gasteiger charge is 2.03. The van der Waals surface area contributed by atoms with Crippen LogP contribution in [0, 0.1) is 0 Å². The van der Waals surface area contributed by atoms with Crippen molar-refractivity contribution in [2.45, 2.75) is 6.42 Å². The number of aromatic nitrogens is 1. The highest BCUT2D eigenvalue weighted by Crippen LogP contribution is 1.96. The minimum atomic E-state index is -0.327. The van der Waals surface area contributed by atoms with Crippen molar-refractivity contribution in [1.82, 2.24) is 4.98 Å². The first-order valence-electron chi connectivity index (χ1n) is 3.71. The first kappa shape index (κ1) is 8.80. The third kappa shape index (κ3) is 2.75. The molecule has 12 heavy (non-hydrogen) atoms. The van der Waals surface area contributed by atoms with E-state index < -0.39 is 0 Å². The van der Waals surface area contributed by atoms with Crippen molar-refractivity contribution >= 4 is 5.97 Å². The normalized spacial score (nSPS) is 9.75. The number of carbonyl (C=O) groups is 1. The predicted molar refractivity (Wildman–Crippen MR) is 42.5 cm³/mol. The second-order valence-electron chi connectivity index (χ2n) is 2.32. The number of aliphatic hydroxyl groups is 1. The topological polar surface area (TPSA) is 62.3 Å². The molecule has 1 aromatic heterocycles. The fourth-order valence-corrected chi connectivity index (χ4v) is 0.843. The number of carbonyl (C=O) groups excluding carboxylic acids is 1. The van der Waals surface area contributed by atoms with Gasteiger partial charge in [-0.1, -0.05) is 0 Å². The summed E-state index contributed by atoms with van der Waals surface area (Å²) in [7, 11) is 0. The molecule has 0 aliphatic rings. The van der Waals surface area contributed by atoms with Crippen molar-refractivity contribution in [1.29, 1.82) is 0 Å². The van der Waals surface area contributed by atoms with Crippen LogP contribution < -0.4 is 0 Å². The summed E-state index contributed by atoms with van der Waals surface area (Å²) >= 11 is 0. The summed E-state index contributed by atoms with van der Waals surface area (Å²) in [5.41, 5.74) is 0.818. The molecule has 0 bridgehead atoms. The SMILES string of the molecule is O=C(Cc1ccc[nH]1)OCCO. The van der Waals surface area contributed by atoms with Gasteiger partial charge in [-0.2, -0.15) is 0 Å². The maximum absolute atomic E-state index is 10.9. The molecule has 0 radical (unpaired) electrons. The molecule has 0 aromatic carbocycles. The van der Waals surface area contributed by atoms with Crippen molar-refractivity contribution in [2.24, 2.45) is 0 Å². The number of H-pyrrole nitrogens is 1. The second-order valence-corrected chi connectivity index (χ2v) is 2.32. The van der Waals surface area contributed by atoms with E-state index in [1.807, 2.05) is 6.07 Å². The molecule has 0 unspecified atom stereocenters. The fourth-order valence-electron chi connectivity index (χ4n) is 0.843. The molecule has 1 rings (SSSR count). The van der Waals surface area contributed by atoms with Crippen molar-refractivity contribution in [3.05, 3.63) is 24.0 Å². The van der Waals surface area contributed by atoms with E-state index >= 15 is 0 Å². The van der Waals surface area contributed by atoms with Crippen LogP contribution in [0.4, 0.5) is 0 Å². The van der Waals surface area contributed by atoms with Crippen LogP contribution in [0.1, 0.15) is 5.69 Å². The lowest BCUT2D eigenvalue weighted by atomic mass is 10.3. The zero-order valence-electron chi connectivity index (χ0n) is 6.62. The Hall–Kier alpha value is -1.29. The summed E-state index contributed by atoms with van der Waals surface area (Å²) in [4.78, 5) is 13.8. The average molecular weight is 169 g/mol. The van der Waals surface area contributed by atoms with E-state index in [1.165, 1.54) is 0 Å². The Labute approximate surface area is 70.2 Å². The largest absolute Gasteiger partial charge is 0.463 e. The molecule has 0 saturated heterocycles. The lowest BCUT2D eigenvalue weighted by molar-refractivity contribution is -0.143. The smallest absolute Gasteiger partial charge is 0.311 e. The molecule has 2 N–H and O–H groups in total. The Morgan fingerprint density at radius 3 is 3.08 bits per heavy atom. The first-order valence-corrected chi connectivity index (χ1v) is 3.71. The Morgan fingerprint density at radius 2 is 2.50 bits per heavy atom. The molecule has 0 aliphatic heterocycles. The molecule has 1 aromatic rings. The van der Waals surface area contributed by atoms with E-state index in [2.05, 4.69) is 9.72 Å². The third-order valence-corrected chi connectivity index (χ3v) is 1.35. The van der Waals surface area contributed by atoms with Crippen LogP contribution >= 0.6 is 0 Å². The maximum atomic E-state index is 10.9. The van der Waals surface area contributed by atoms with Gasteiger partial charge in [-0.25, -0.2) is 0 Å². The Bertz CT molecular complexity index is 230. The molecule has 0 spiro atoms. The lowest BCUT2D eigenvalue weighted by Crippen LogP contribution is -2.11. The number of aliphatic hydroxyl groups excluding tert-OH is 1. The van der Waals surface area contributed by atoms with Gasteiger partial charge in [0.25, 0.3) is 0 Å². The van der Waals surface area contributed by atoms with E-state index in [-0.39, 0.29) is 25.6 Å². The van der Waals surface area contributed by atoms with Crippen LogP contribution in [-0.2, 0) is 16.0 Å². The molecule has 0 saturated carbocycles. The number of nitrogens with one attached hydrogen (secondary N) is 1. The monoisotopic (exact) mass is 169 g/mol. The van der Waals surface area contributed by atoms with E-state index in [0.29, 0.717) is 0 Å². The lowest BCUT2D eigenvalue weighted by Gasteiger charge is -2.00. The molecular weight excluding hydrogens is 158 g/mol.